The second kappa shape index (κ2) is 8.98. The van der Waals surface area contributed by atoms with Crippen molar-refractivity contribution in [1.82, 2.24) is 29.3 Å². The Balaban J connectivity index is 1.05. The van der Waals surface area contributed by atoms with Crippen LogP contribution in [0.15, 0.2) is 55.2 Å². The highest BCUT2D eigenvalue weighted by atomic mass is 19.4. The number of hydrogen-bond donors (Lipinski definition) is 1. The van der Waals surface area contributed by atoms with Gasteiger partial charge in [-0.05, 0) is 43.2 Å². The lowest BCUT2D eigenvalue weighted by molar-refractivity contribution is -0.137. The largest absolute Gasteiger partial charge is 0.416 e. The predicted molar refractivity (Wildman–Crippen MR) is 128 cm³/mol. The minimum Gasteiger partial charge on any atom is -0.348 e. The van der Waals surface area contributed by atoms with Crippen LogP contribution < -0.4 is 0 Å². The van der Waals surface area contributed by atoms with Gasteiger partial charge in [0.1, 0.15) is 17.8 Å². The Bertz CT molecular complexity index is 1450. The van der Waals surface area contributed by atoms with Crippen molar-refractivity contribution in [3.8, 4) is 11.3 Å². The second-order valence-electron chi connectivity index (χ2n) is 9.67. The number of alkyl halides is 3. The van der Waals surface area contributed by atoms with Crippen LogP contribution in [0.25, 0.3) is 22.3 Å². The summed E-state index contributed by atoms with van der Waals surface area (Å²) in [5.74, 6) is -1.63. The van der Waals surface area contributed by atoms with Crippen LogP contribution in [-0.4, -0.2) is 67.4 Å². The number of nitrogens with one attached hydrogen (secondary N) is 1. The zero-order valence-corrected chi connectivity index (χ0v) is 19.7. The van der Waals surface area contributed by atoms with Crippen molar-refractivity contribution in [1.29, 1.82) is 0 Å². The maximum absolute atomic E-state index is 13.7. The standard InChI is InChI=1S/C26H24F4N6O/c27-19-10-17(9-18(11-19)26(28,29)30)25(37)34-7-3-20(4-8-34)36-13-21(14-36)35-6-2-16(12-35)23-22-1-5-31-24(22)33-15-32-23/h1-2,5-6,9-12,15,20-21H,3-4,7-8,13-14H2,(H,31,32,33). The van der Waals surface area contributed by atoms with Crippen LogP contribution in [-0.2, 0) is 6.18 Å². The highest BCUT2D eigenvalue weighted by Gasteiger charge is 2.37. The summed E-state index contributed by atoms with van der Waals surface area (Å²) in [6, 6.07) is 6.67. The van der Waals surface area contributed by atoms with Gasteiger partial charge in [0, 0.05) is 67.3 Å². The third-order valence-corrected chi connectivity index (χ3v) is 7.39. The Morgan fingerprint density at radius 2 is 1.81 bits per heavy atom. The van der Waals surface area contributed by atoms with E-state index < -0.39 is 23.5 Å². The van der Waals surface area contributed by atoms with Crippen LogP contribution in [0.2, 0.25) is 0 Å². The summed E-state index contributed by atoms with van der Waals surface area (Å²) in [5, 5.41) is 0.977. The minimum absolute atomic E-state index is 0.265. The molecule has 0 aliphatic carbocycles. The number of halogens is 4. The highest BCUT2D eigenvalue weighted by Crippen LogP contribution is 2.33. The summed E-state index contributed by atoms with van der Waals surface area (Å²) in [4.78, 5) is 28.5. The van der Waals surface area contributed by atoms with Crippen molar-refractivity contribution in [3.05, 3.63) is 72.2 Å². The van der Waals surface area contributed by atoms with Crippen LogP contribution >= 0.6 is 0 Å². The normalized spacial score (nSPS) is 17.9. The van der Waals surface area contributed by atoms with Crippen LogP contribution in [0.1, 0.15) is 34.8 Å². The van der Waals surface area contributed by atoms with E-state index >= 15 is 0 Å². The Kier molecular flexibility index (Phi) is 5.74. The topological polar surface area (TPSA) is 70.1 Å². The second-order valence-corrected chi connectivity index (χ2v) is 9.67. The van der Waals surface area contributed by atoms with E-state index in [0.717, 1.165) is 60.4 Å². The number of benzene rings is 1. The molecule has 6 rings (SSSR count). The molecule has 0 unspecified atom stereocenters. The van der Waals surface area contributed by atoms with E-state index in [4.69, 9.17) is 0 Å². The fourth-order valence-electron chi connectivity index (χ4n) is 5.35. The lowest BCUT2D eigenvalue weighted by atomic mass is 9.96. The number of likely N-dealkylation sites (tertiary alicyclic amines) is 2. The van der Waals surface area contributed by atoms with E-state index in [9.17, 15) is 22.4 Å². The Morgan fingerprint density at radius 3 is 2.57 bits per heavy atom. The molecule has 7 nitrogen and oxygen atoms in total. The third-order valence-electron chi connectivity index (χ3n) is 7.39. The van der Waals surface area contributed by atoms with Crippen LogP contribution in [0.3, 0.4) is 0 Å². The van der Waals surface area contributed by atoms with Gasteiger partial charge in [0.2, 0.25) is 0 Å². The molecule has 3 aromatic heterocycles. The SMILES string of the molecule is O=C(c1cc(F)cc(C(F)(F)F)c1)N1CCC(N2CC(n3ccc(-c4ncnc5[nH]ccc45)c3)C2)CC1. The molecular formula is C26H24F4N6O. The van der Waals surface area contributed by atoms with Gasteiger partial charge in [0.05, 0.1) is 17.3 Å². The first-order valence-electron chi connectivity index (χ1n) is 12.1. The number of rotatable bonds is 4. The molecule has 0 spiro atoms. The van der Waals surface area contributed by atoms with Crippen molar-refractivity contribution >= 4 is 16.9 Å². The number of nitrogens with zero attached hydrogens (tertiary/aromatic N) is 5. The lowest BCUT2D eigenvalue weighted by Gasteiger charge is -2.47. The third kappa shape index (κ3) is 4.48. The molecule has 0 radical (unpaired) electrons. The molecule has 2 saturated heterocycles. The molecule has 2 aliphatic heterocycles. The van der Waals surface area contributed by atoms with Crippen molar-refractivity contribution < 1.29 is 22.4 Å². The molecule has 5 heterocycles. The lowest BCUT2D eigenvalue weighted by Crippen LogP contribution is -2.55. The first-order valence-corrected chi connectivity index (χ1v) is 12.1. The quantitative estimate of drug-likeness (QED) is 0.401. The molecule has 37 heavy (non-hydrogen) atoms. The molecule has 4 aromatic rings. The van der Waals surface area contributed by atoms with E-state index in [-0.39, 0.29) is 5.56 Å². The molecule has 0 atom stereocenters. The van der Waals surface area contributed by atoms with Gasteiger partial charge >= 0.3 is 6.18 Å². The zero-order chi connectivity index (χ0) is 25.7. The average molecular weight is 513 g/mol. The van der Waals surface area contributed by atoms with Crippen molar-refractivity contribution in [2.75, 3.05) is 26.2 Å². The predicted octanol–water partition coefficient (Wildman–Crippen LogP) is 4.75. The van der Waals surface area contributed by atoms with Crippen LogP contribution in [0.4, 0.5) is 17.6 Å². The van der Waals surface area contributed by atoms with Gasteiger partial charge in [-0.25, -0.2) is 14.4 Å². The maximum atomic E-state index is 13.7. The fourth-order valence-corrected chi connectivity index (χ4v) is 5.35. The molecule has 2 aliphatic rings. The number of amides is 1. The molecular weight excluding hydrogens is 488 g/mol. The first kappa shape index (κ1) is 23.7. The van der Waals surface area contributed by atoms with Gasteiger partial charge in [-0.3, -0.25) is 9.69 Å². The van der Waals surface area contributed by atoms with Gasteiger partial charge in [-0.2, -0.15) is 13.2 Å². The number of carbonyl (C=O) groups is 1. The van der Waals surface area contributed by atoms with E-state index in [0.29, 0.717) is 31.2 Å². The number of aromatic amines is 1. The number of aromatic nitrogens is 4. The zero-order valence-electron chi connectivity index (χ0n) is 19.7. The summed E-state index contributed by atoms with van der Waals surface area (Å²) in [5.41, 5.74) is 1.30. The average Bonchev–Trinajstić information content (AvgIpc) is 3.52. The Morgan fingerprint density at radius 1 is 1.03 bits per heavy atom. The molecule has 1 amide bonds. The van der Waals surface area contributed by atoms with Gasteiger partial charge in [-0.15, -0.1) is 0 Å². The number of H-pyrrole nitrogens is 1. The summed E-state index contributed by atoms with van der Waals surface area (Å²) in [7, 11) is 0. The number of fused-ring (bicyclic) bond motifs is 1. The summed E-state index contributed by atoms with van der Waals surface area (Å²) in [6.45, 7) is 2.62. The van der Waals surface area contributed by atoms with Crippen molar-refractivity contribution in [2.24, 2.45) is 0 Å². The van der Waals surface area contributed by atoms with E-state index in [1.54, 1.807) is 6.33 Å². The van der Waals surface area contributed by atoms with E-state index in [1.165, 1.54) is 4.90 Å². The van der Waals surface area contributed by atoms with Crippen molar-refractivity contribution in [2.45, 2.75) is 31.1 Å². The van der Waals surface area contributed by atoms with E-state index in [2.05, 4.69) is 42.9 Å². The molecule has 1 aromatic carbocycles. The minimum atomic E-state index is -4.71. The summed E-state index contributed by atoms with van der Waals surface area (Å²) >= 11 is 0. The molecule has 0 saturated carbocycles. The number of carbonyl (C=O) groups excluding carboxylic acids is 1. The van der Waals surface area contributed by atoms with Gasteiger partial charge < -0.3 is 14.5 Å². The molecule has 192 valence electrons. The summed E-state index contributed by atoms with van der Waals surface area (Å²) < 4.78 is 55.0. The molecule has 2 fully saturated rings. The monoisotopic (exact) mass is 512 g/mol. The Labute approximate surface area is 209 Å². The molecule has 0 bridgehead atoms. The number of piperidine rings is 1. The van der Waals surface area contributed by atoms with Crippen LogP contribution in [0, 0.1) is 5.82 Å². The fraction of sp³-hybridized carbons (Fsp3) is 0.346. The van der Waals surface area contributed by atoms with E-state index in [1.807, 2.05) is 12.3 Å². The van der Waals surface area contributed by atoms with Crippen LogP contribution in [0.5, 0.6) is 0 Å². The molecule has 11 heteroatoms. The van der Waals surface area contributed by atoms with Gasteiger partial charge in [-0.1, -0.05) is 0 Å². The maximum Gasteiger partial charge on any atom is 0.416 e. The number of hydrogen-bond acceptors (Lipinski definition) is 4. The smallest absolute Gasteiger partial charge is 0.348 e. The highest BCUT2D eigenvalue weighted by molar-refractivity contribution is 5.94. The van der Waals surface area contributed by atoms with Gasteiger partial charge in [0.15, 0.2) is 0 Å². The molecule has 1 N–H and O–H groups in total. The summed E-state index contributed by atoms with van der Waals surface area (Å²) in [6.07, 6.45) is 4.31. The Hall–Kier alpha value is -3.73. The van der Waals surface area contributed by atoms with Gasteiger partial charge in [0.25, 0.3) is 5.91 Å². The first-order chi connectivity index (χ1) is 17.8. The van der Waals surface area contributed by atoms with Crippen molar-refractivity contribution in [3.63, 3.8) is 0 Å².